The summed E-state index contributed by atoms with van der Waals surface area (Å²) < 4.78 is 5.48. The molecule has 0 aliphatic heterocycles. The molecular formula is C13H23ClN4O2. The van der Waals surface area contributed by atoms with E-state index in [-0.39, 0.29) is 30.0 Å². The maximum absolute atomic E-state index is 9.24. The molecule has 0 aliphatic carbocycles. The van der Waals surface area contributed by atoms with Gasteiger partial charge in [-0.25, -0.2) is 0 Å². The summed E-state index contributed by atoms with van der Waals surface area (Å²) in [6.07, 6.45) is 1.82. The molecule has 1 rings (SSSR count). The van der Waals surface area contributed by atoms with Crippen LogP contribution in [-0.2, 0) is 0 Å². The molecule has 6 nitrogen and oxygen atoms in total. The largest absolute Gasteiger partial charge is 0.461 e. The van der Waals surface area contributed by atoms with Crippen molar-refractivity contribution in [3.05, 3.63) is 5.28 Å². The molecule has 0 spiro atoms. The Kier molecular flexibility index (Phi) is 6.95. The molecule has 1 aromatic heterocycles. The minimum atomic E-state index is -0.0410. The van der Waals surface area contributed by atoms with Gasteiger partial charge in [-0.2, -0.15) is 15.0 Å². The molecule has 0 unspecified atom stereocenters. The van der Waals surface area contributed by atoms with Gasteiger partial charge >= 0.3 is 6.01 Å². The first-order valence-electron chi connectivity index (χ1n) is 6.97. The summed E-state index contributed by atoms with van der Waals surface area (Å²) in [5.41, 5.74) is 0. The summed E-state index contributed by atoms with van der Waals surface area (Å²) in [4.78, 5) is 14.4. The fraction of sp³-hybridized carbons (Fsp3) is 0.769. The van der Waals surface area contributed by atoms with Crippen LogP contribution in [0.3, 0.4) is 0 Å². The van der Waals surface area contributed by atoms with Crippen molar-refractivity contribution >= 4 is 17.5 Å². The van der Waals surface area contributed by atoms with Gasteiger partial charge in [0.05, 0.1) is 12.7 Å². The molecule has 0 aliphatic rings. The topological polar surface area (TPSA) is 71.4 Å². The molecule has 0 atom stereocenters. The Labute approximate surface area is 125 Å². The minimum absolute atomic E-state index is 0.0279. The van der Waals surface area contributed by atoms with E-state index in [1.54, 1.807) is 0 Å². The number of rotatable bonds is 8. The highest BCUT2D eigenvalue weighted by Gasteiger charge is 2.20. The van der Waals surface area contributed by atoms with Crippen molar-refractivity contribution in [3.8, 4) is 6.01 Å². The third kappa shape index (κ3) is 4.76. The van der Waals surface area contributed by atoms with Crippen molar-refractivity contribution in [2.75, 3.05) is 18.1 Å². The third-order valence-corrected chi connectivity index (χ3v) is 3.07. The average Bonchev–Trinajstić information content (AvgIpc) is 2.37. The zero-order valence-corrected chi connectivity index (χ0v) is 13.3. The molecule has 7 heteroatoms. The zero-order valence-electron chi connectivity index (χ0n) is 12.5. The molecule has 20 heavy (non-hydrogen) atoms. The van der Waals surface area contributed by atoms with Gasteiger partial charge in [-0.15, -0.1) is 0 Å². The van der Waals surface area contributed by atoms with Gasteiger partial charge < -0.3 is 14.7 Å². The Balaban J connectivity index is 3.08. The normalized spacial score (nSPS) is 11.2. The standard InChI is InChI=1S/C13H23ClN4O2/c1-5-10(6-2)18(7-8-19)12-15-11(14)16-13(17-12)20-9(3)4/h9-10,19H,5-8H2,1-4H3. The summed E-state index contributed by atoms with van der Waals surface area (Å²) in [6.45, 7) is 8.45. The summed E-state index contributed by atoms with van der Waals surface area (Å²) in [5.74, 6) is 0.448. The number of halogens is 1. The second-order valence-electron chi connectivity index (χ2n) is 4.74. The van der Waals surface area contributed by atoms with E-state index in [9.17, 15) is 5.11 Å². The molecule has 0 fully saturated rings. The maximum atomic E-state index is 9.24. The van der Waals surface area contributed by atoms with Crippen LogP contribution in [0.2, 0.25) is 5.28 Å². The molecular weight excluding hydrogens is 280 g/mol. The number of aliphatic hydroxyl groups is 1. The second kappa shape index (κ2) is 8.21. The van der Waals surface area contributed by atoms with Gasteiger partial charge in [0.2, 0.25) is 11.2 Å². The summed E-state index contributed by atoms with van der Waals surface area (Å²) in [5, 5.41) is 9.34. The number of aromatic nitrogens is 3. The van der Waals surface area contributed by atoms with Crippen LogP contribution in [0.25, 0.3) is 0 Å². The molecule has 0 saturated carbocycles. The van der Waals surface area contributed by atoms with Gasteiger partial charge in [0.15, 0.2) is 0 Å². The Hall–Kier alpha value is -1.14. The lowest BCUT2D eigenvalue weighted by atomic mass is 10.1. The number of hydrogen-bond donors (Lipinski definition) is 1. The van der Waals surface area contributed by atoms with E-state index in [2.05, 4.69) is 28.8 Å². The van der Waals surface area contributed by atoms with Gasteiger partial charge in [-0.1, -0.05) is 13.8 Å². The Morgan fingerprint density at radius 3 is 2.35 bits per heavy atom. The second-order valence-corrected chi connectivity index (χ2v) is 5.08. The lowest BCUT2D eigenvalue weighted by molar-refractivity contribution is 0.221. The van der Waals surface area contributed by atoms with Crippen LogP contribution >= 0.6 is 11.6 Å². The summed E-state index contributed by atoms with van der Waals surface area (Å²) in [6, 6.07) is 0.455. The van der Waals surface area contributed by atoms with Crippen LogP contribution in [0.5, 0.6) is 6.01 Å². The quantitative estimate of drug-likeness (QED) is 0.794. The van der Waals surface area contributed by atoms with Crippen LogP contribution in [0, 0.1) is 0 Å². The highest BCUT2D eigenvalue weighted by Crippen LogP contribution is 2.20. The molecule has 114 valence electrons. The predicted octanol–water partition coefficient (Wildman–Crippen LogP) is 2.30. The molecule has 0 saturated heterocycles. The first-order chi connectivity index (χ1) is 9.51. The monoisotopic (exact) mass is 302 g/mol. The number of aliphatic hydroxyl groups excluding tert-OH is 1. The Morgan fingerprint density at radius 2 is 1.85 bits per heavy atom. The van der Waals surface area contributed by atoms with Gasteiger partial charge in [0, 0.05) is 12.6 Å². The highest BCUT2D eigenvalue weighted by molar-refractivity contribution is 6.28. The first-order valence-corrected chi connectivity index (χ1v) is 7.35. The van der Waals surface area contributed by atoms with Crippen LogP contribution in [0.1, 0.15) is 40.5 Å². The lowest BCUT2D eigenvalue weighted by Crippen LogP contribution is -2.38. The van der Waals surface area contributed by atoms with Crippen LogP contribution in [0.15, 0.2) is 0 Å². The van der Waals surface area contributed by atoms with Crippen molar-refractivity contribution in [1.29, 1.82) is 0 Å². The van der Waals surface area contributed by atoms with E-state index in [1.165, 1.54) is 0 Å². The van der Waals surface area contributed by atoms with Gasteiger partial charge in [0.25, 0.3) is 0 Å². The van der Waals surface area contributed by atoms with Gasteiger partial charge in [-0.05, 0) is 38.3 Å². The highest BCUT2D eigenvalue weighted by atomic mass is 35.5. The number of anilines is 1. The summed E-state index contributed by atoms with van der Waals surface area (Å²) >= 11 is 5.94. The molecule has 0 amide bonds. The molecule has 0 bridgehead atoms. The average molecular weight is 303 g/mol. The van der Waals surface area contributed by atoms with Crippen LogP contribution < -0.4 is 9.64 Å². The summed E-state index contributed by atoms with van der Waals surface area (Å²) in [7, 11) is 0. The molecule has 1 heterocycles. The van der Waals surface area contributed by atoms with Crippen LogP contribution in [0.4, 0.5) is 5.95 Å². The van der Waals surface area contributed by atoms with Crippen molar-refractivity contribution in [2.24, 2.45) is 0 Å². The predicted molar refractivity (Wildman–Crippen MR) is 79.4 cm³/mol. The van der Waals surface area contributed by atoms with E-state index in [4.69, 9.17) is 16.3 Å². The fourth-order valence-electron chi connectivity index (χ4n) is 2.00. The first kappa shape index (κ1) is 16.9. The number of hydrogen-bond acceptors (Lipinski definition) is 6. The molecule has 1 N–H and O–H groups in total. The van der Waals surface area contributed by atoms with E-state index in [0.29, 0.717) is 12.5 Å². The Morgan fingerprint density at radius 1 is 1.20 bits per heavy atom. The fourth-order valence-corrected chi connectivity index (χ4v) is 2.14. The third-order valence-electron chi connectivity index (χ3n) is 2.90. The van der Waals surface area contributed by atoms with Crippen molar-refractivity contribution in [2.45, 2.75) is 52.7 Å². The smallest absolute Gasteiger partial charge is 0.322 e. The van der Waals surface area contributed by atoms with E-state index in [0.717, 1.165) is 12.8 Å². The van der Waals surface area contributed by atoms with Crippen LogP contribution in [-0.4, -0.2) is 45.4 Å². The molecule has 1 aromatic rings. The molecule has 0 radical (unpaired) electrons. The van der Waals surface area contributed by atoms with Crippen molar-refractivity contribution < 1.29 is 9.84 Å². The van der Waals surface area contributed by atoms with E-state index >= 15 is 0 Å². The minimum Gasteiger partial charge on any atom is -0.461 e. The van der Waals surface area contributed by atoms with Crippen molar-refractivity contribution in [1.82, 2.24) is 15.0 Å². The Bertz CT molecular complexity index is 413. The molecule has 0 aromatic carbocycles. The van der Waals surface area contributed by atoms with E-state index in [1.807, 2.05) is 18.7 Å². The maximum Gasteiger partial charge on any atom is 0.322 e. The lowest BCUT2D eigenvalue weighted by Gasteiger charge is -2.30. The van der Waals surface area contributed by atoms with Gasteiger partial charge in [0.1, 0.15) is 0 Å². The van der Waals surface area contributed by atoms with Crippen molar-refractivity contribution in [3.63, 3.8) is 0 Å². The zero-order chi connectivity index (χ0) is 15.1. The number of nitrogens with zero attached hydrogens (tertiary/aromatic N) is 4. The SMILES string of the molecule is CCC(CC)N(CCO)c1nc(Cl)nc(OC(C)C)n1. The van der Waals surface area contributed by atoms with Gasteiger partial charge in [-0.3, -0.25) is 0 Å². The number of ether oxygens (including phenoxy) is 1. The van der Waals surface area contributed by atoms with E-state index < -0.39 is 0 Å².